The molecule has 0 saturated carbocycles. The number of allylic oxidation sites excluding steroid dienone is 4. The van der Waals surface area contributed by atoms with E-state index in [1.165, 1.54) is 103 Å². The summed E-state index contributed by atoms with van der Waals surface area (Å²) in [7, 11) is -4.72. The van der Waals surface area contributed by atoms with Crippen LogP contribution in [0.2, 0.25) is 0 Å². The minimum atomic E-state index is -4.72. The summed E-state index contributed by atoms with van der Waals surface area (Å²) in [5.74, 6) is -2.40. The molecule has 316 valence electrons. The van der Waals surface area contributed by atoms with Gasteiger partial charge in [-0.05, 0) is 64.2 Å². The zero-order valence-electron chi connectivity index (χ0n) is 34.1. The highest BCUT2D eigenvalue weighted by Crippen LogP contribution is 2.43. The normalized spacial score (nSPS) is 14.0. The topological polar surface area (TPSA) is 172 Å². The molecule has 0 aromatic rings. The fraction of sp³-hybridized carbons (Fsp3) is 0.833. The van der Waals surface area contributed by atoms with Crippen LogP contribution < -0.4 is 5.73 Å². The monoisotopic (exact) mass is 788 g/mol. The van der Waals surface area contributed by atoms with Gasteiger partial charge in [0.25, 0.3) is 0 Å². The number of aliphatic carboxylic acids is 1. The Morgan fingerprint density at radius 3 is 1.37 bits per heavy atom. The second-order valence-electron chi connectivity index (χ2n) is 14.5. The highest BCUT2D eigenvalue weighted by molar-refractivity contribution is 7.47. The number of esters is 2. The third-order valence-electron chi connectivity index (χ3n) is 9.17. The van der Waals surface area contributed by atoms with Crippen molar-refractivity contribution in [3.63, 3.8) is 0 Å². The van der Waals surface area contributed by atoms with Crippen LogP contribution in [0.15, 0.2) is 24.3 Å². The van der Waals surface area contributed by atoms with Gasteiger partial charge in [-0.3, -0.25) is 23.4 Å². The van der Waals surface area contributed by atoms with Crippen molar-refractivity contribution >= 4 is 25.7 Å². The molecule has 0 aliphatic rings. The lowest BCUT2D eigenvalue weighted by Crippen LogP contribution is -2.34. The number of hydrogen-bond donors (Lipinski definition) is 3. The number of carboxylic acid groups (broad SMARTS) is 1. The Hall–Kier alpha value is -2.04. The first kappa shape index (κ1) is 52.0. The van der Waals surface area contributed by atoms with E-state index in [0.29, 0.717) is 12.8 Å². The van der Waals surface area contributed by atoms with Gasteiger partial charge in [0.2, 0.25) is 0 Å². The highest BCUT2D eigenvalue weighted by Gasteiger charge is 2.28. The molecular weight excluding hydrogens is 709 g/mol. The lowest BCUT2D eigenvalue weighted by Gasteiger charge is -2.20. The largest absolute Gasteiger partial charge is 0.480 e. The van der Waals surface area contributed by atoms with E-state index in [2.05, 4.69) is 42.7 Å². The van der Waals surface area contributed by atoms with E-state index in [9.17, 15) is 23.8 Å². The van der Waals surface area contributed by atoms with E-state index in [-0.39, 0.29) is 19.4 Å². The van der Waals surface area contributed by atoms with Crippen LogP contribution in [0, 0.1) is 0 Å². The molecule has 0 saturated heterocycles. The van der Waals surface area contributed by atoms with Gasteiger partial charge in [0.15, 0.2) is 6.10 Å². The molecule has 0 fully saturated rings. The van der Waals surface area contributed by atoms with Crippen molar-refractivity contribution in [2.24, 2.45) is 5.73 Å². The molecule has 11 nitrogen and oxygen atoms in total. The molecule has 0 amide bonds. The Kier molecular flexibility index (Phi) is 36.4. The summed E-state index contributed by atoms with van der Waals surface area (Å²) in [6.45, 7) is 2.77. The zero-order chi connectivity index (χ0) is 40.0. The summed E-state index contributed by atoms with van der Waals surface area (Å²) in [4.78, 5) is 45.9. The molecule has 1 unspecified atom stereocenters. The maximum absolute atomic E-state index is 12.6. The van der Waals surface area contributed by atoms with Crippen LogP contribution in [0.5, 0.6) is 0 Å². The average molecular weight is 788 g/mol. The summed E-state index contributed by atoms with van der Waals surface area (Å²) in [6, 6.07) is -1.52. The molecule has 12 heteroatoms. The number of phosphoric acid groups is 1. The van der Waals surface area contributed by atoms with Crippen molar-refractivity contribution in [3.05, 3.63) is 24.3 Å². The van der Waals surface area contributed by atoms with Crippen molar-refractivity contribution in [3.8, 4) is 0 Å². The number of nitrogens with two attached hydrogens (primary N) is 1. The third-order valence-corrected chi connectivity index (χ3v) is 10.1. The van der Waals surface area contributed by atoms with Gasteiger partial charge in [0.05, 0.1) is 13.2 Å². The fourth-order valence-corrected chi connectivity index (χ4v) is 6.54. The van der Waals surface area contributed by atoms with Gasteiger partial charge in [0, 0.05) is 12.8 Å². The number of carbonyl (C=O) groups excluding carboxylic acids is 2. The smallest absolute Gasteiger partial charge is 0.472 e. The van der Waals surface area contributed by atoms with Crippen LogP contribution in [-0.4, -0.2) is 59.9 Å². The van der Waals surface area contributed by atoms with Gasteiger partial charge in [0.1, 0.15) is 12.6 Å². The van der Waals surface area contributed by atoms with Crippen molar-refractivity contribution in [1.82, 2.24) is 0 Å². The molecular formula is C42H78NO10P. The van der Waals surface area contributed by atoms with Gasteiger partial charge in [-0.25, -0.2) is 4.57 Å². The maximum atomic E-state index is 12.6. The van der Waals surface area contributed by atoms with Crippen LogP contribution in [-0.2, 0) is 37.5 Å². The second-order valence-corrected chi connectivity index (χ2v) is 15.9. The Bertz CT molecular complexity index is 1020. The molecule has 0 aliphatic carbocycles. The van der Waals surface area contributed by atoms with Crippen LogP contribution in [0.3, 0.4) is 0 Å². The molecule has 0 aromatic heterocycles. The van der Waals surface area contributed by atoms with Gasteiger partial charge >= 0.3 is 25.7 Å². The predicted molar refractivity (Wildman–Crippen MR) is 217 cm³/mol. The van der Waals surface area contributed by atoms with Crippen LogP contribution in [0.1, 0.15) is 194 Å². The minimum absolute atomic E-state index is 0.141. The zero-order valence-corrected chi connectivity index (χ0v) is 35.0. The van der Waals surface area contributed by atoms with E-state index >= 15 is 0 Å². The number of rotatable bonds is 40. The first-order chi connectivity index (χ1) is 26.1. The third kappa shape index (κ3) is 36.9. The van der Waals surface area contributed by atoms with E-state index in [1.54, 1.807) is 0 Å². The Balaban J connectivity index is 4.37. The van der Waals surface area contributed by atoms with Crippen LogP contribution >= 0.6 is 7.82 Å². The molecule has 0 bridgehead atoms. The van der Waals surface area contributed by atoms with Crippen LogP contribution in [0.4, 0.5) is 0 Å². The number of phosphoric ester groups is 1. The fourth-order valence-electron chi connectivity index (χ4n) is 5.76. The number of carboxylic acids is 1. The van der Waals surface area contributed by atoms with E-state index in [1.807, 2.05) is 0 Å². The summed E-state index contributed by atoms with van der Waals surface area (Å²) in [5.41, 5.74) is 5.32. The van der Waals surface area contributed by atoms with Crippen molar-refractivity contribution in [1.29, 1.82) is 0 Å². The van der Waals surface area contributed by atoms with E-state index in [0.717, 1.165) is 51.4 Å². The number of carbonyl (C=O) groups is 3. The molecule has 3 atom stereocenters. The number of hydrogen-bond acceptors (Lipinski definition) is 9. The Morgan fingerprint density at radius 2 is 0.926 bits per heavy atom. The lowest BCUT2D eigenvalue weighted by atomic mass is 10.1. The summed E-state index contributed by atoms with van der Waals surface area (Å²) in [6.07, 6.45) is 38.1. The standard InChI is InChI=1S/C42H78NO10P/c1-3-5-7-9-11-13-15-17-18-19-20-22-23-25-27-29-31-33-40(44)50-35-38(36-51-54(48,49)52-37-39(43)42(46)47)53-41(45)34-32-30-28-26-24-21-16-14-12-10-8-6-4-2/h17-18,21,24,38-39H,3-16,19-20,22-23,25-37,43H2,1-2H3,(H,46,47)(H,48,49)/b18-17+,24-21+/t38-,39+/m1/s1. The highest BCUT2D eigenvalue weighted by atomic mass is 31.2. The Labute approximate surface area is 328 Å². The predicted octanol–water partition coefficient (Wildman–Crippen LogP) is 11.1. The van der Waals surface area contributed by atoms with Crippen molar-refractivity contribution in [2.75, 3.05) is 19.8 Å². The number of unbranched alkanes of at least 4 members (excludes halogenated alkanes) is 22. The molecule has 0 aromatic carbocycles. The van der Waals surface area contributed by atoms with Gasteiger partial charge < -0.3 is 25.2 Å². The van der Waals surface area contributed by atoms with Crippen molar-refractivity contribution < 1.29 is 47.5 Å². The molecule has 54 heavy (non-hydrogen) atoms. The van der Waals surface area contributed by atoms with E-state index in [4.69, 9.17) is 24.8 Å². The molecule has 0 aliphatic heterocycles. The average Bonchev–Trinajstić information content (AvgIpc) is 3.14. The van der Waals surface area contributed by atoms with Gasteiger partial charge in [-0.2, -0.15) is 0 Å². The SMILES string of the molecule is CCCCCCCC/C=C/CCCCCCCCCC(=O)OC[C@H](COP(=O)(O)OC[C@H](N)C(=O)O)OC(=O)CCCCC/C=C/CCCCCCCC. The van der Waals surface area contributed by atoms with Gasteiger partial charge in [-0.15, -0.1) is 0 Å². The molecule has 0 radical (unpaired) electrons. The maximum Gasteiger partial charge on any atom is 0.472 e. The lowest BCUT2D eigenvalue weighted by molar-refractivity contribution is -0.161. The van der Waals surface area contributed by atoms with Crippen LogP contribution in [0.25, 0.3) is 0 Å². The first-order valence-electron chi connectivity index (χ1n) is 21.4. The molecule has 0 spiro atoms. The van der Waals surface area contributed by atoms with E-state index < -0.39 is 51.1 Å². The number of ether oxygens (including phenoxy) is 2. The summed E-state index contributed by atoms with van der Waals surface area (Å²) >= 11 is 0. The summed E-state index contributed by atoms with van der Waals surface area (Å²) < 4.78 is 32.6. The van der Waals surface area contributed by atoms with Crippen molar-refractivity contribution in [2.45, 2.75) is 206 Å². The quantitative estimate of drug-likeness (QED) is 0.0233. The summed E-state index contributed by atoms with van der Waals surface area (Å²) in [5, 5.41) is 8.88. The molecule has 0 heterocycles. The molecule has 4 N–H and O–H groups in total. The Morgan fingerprint density at radius 1 is 0.556 bits per heavy atom. The molecule has 0 rings (SSSR count). The van der Waals surface area contributed by atoms with Gasteiger partial charge in [-0.1, -0.05) is 141 Å². The second kappa shape index (κ2) is 37.9. The first-order valence-corrected chi connectivity index (χ1v) is 22.9. The minimum Gasteiger partial charge on any atom is -0.480 e.